The first kappa shape index (κ1) is 10.8. The minimum absolute atomic E-state index is 0.438. The standard InChI is InChI=1S/C12H17Br/c1-12(2,3)9-8-10-4-6-11(13)7-5-10/h4-7H,8-9H2,1-3H3. The molecule has 1 rings (SSSR count). The monoisotopic (exact) mass is 240 g/mol. The Labute approximate surface area is 89.5 Å². The van der Waals surface area contributed by atoms with Crippen LogP contribution in [-0.4, -0.2) is 0 Å². The van der Waals surface area contributed by atoms with Gasteiger partial charge in [-0.05, 0) is 36.0 Å². The normalized spacial score (nSPS) is 11.7. The molecule has 0 N–H and O–H groups in total. The summed E-state index contributed by atoms with van der Waals surface area (Å²) in [5, 5.41) is 0. The van der Waals surface area contributed by atoms with Gasteiger partial charge in [-0.1, -0.05) is 48.8 Å². The number of halogens is 1. The van der Waals surface area contributed by atoms with Gasteiger partial charge in [0, 0.05) is 4.47 Å². The van der Waals surface area contributed by atoms with Crippen molar-refractivity contribution < 1.29 is 0 Å². The Bertz CT molecular complexity index is 253. The molecular formula is C12H17Br. The van der Waals surface area contributed by atoms with Crippen LogP contribution in [0.25, 0.3) is 0 Å². The van der Waals surface area contributed by atoms with Crippen LogP contribution in [0.3, 0.4) is 0 Å². The third-order valence-corrected chi connectivity index (χ3v) is 2.61. The van der Waals surface area contributed by atoms with Gasteiger partial charge in [-0.15, -0.1) is 0 Å². The molecule has 0 aliphatic heterocycles. The summed E-state index contributed by atoms with van der Waals surface area (Å²) in [6.45, 7) is 6.85. The Morgan fingerprint density at radius 1 is 1.08 bits per heavy atom. The first-order valence-electron chi connectivity index (χ1n) is 4.72. The molecule has 1 heteroatoms. The van der Waals surface area contributed by atoms with Crippen molar-refractivity contribution in [2.75, 3.05) is 0 Å². The zero-order valence-corrected chi connectivity index (χ0v) is 10.2. The van der Waals surface area contributed by atoms with Crippen LogP contribution in [0.5, 0.6) is 0 Å². The summed E-state index contributed by atoms with van der Waals surface area (Å²) >= 11 is 3.44. The molecule has 1 aromatic carbocycles. The number of aryl methyl sites for hydroxylation is 1. The van der Waals surface area contributed by atoms with Gasteiger partial charge in [0.2, 0.25) is 0 Å². The van der Waals surface area contributed by atoms with Gasteiger partial charge < -0.3 is 0 Å². The lowest BCUT2D eigenvalue weighted by atomic mass is 9.89. The molecule has 0 bridgehead atoms. The van der Waals surface area contributed by atoms with E-state index in [1.807, 2.05) is 0 Å². The van der Waals surface area contributed by atoms with Crippen LogP contribution in [0.1, 0.15) is 32.8 Å². The van der Waals surface area contributed by atoms with Gasteiger partial charge in [0.15, 0.2) is 0 Å². The molecule has 0 spiro atoms. The fourth-order valence-corrected chi connectivity index (χ4v) is 1.43. The SMILES string of the molecule is CC(C)(C)CCc1ccc(Br)cc1. The lowest BCUT2D eigenvalue weighted by molar-refractivity contribution is 0.378. The highest BCUT2D eigenvalue weighted by Crippen LogP contribution is 2.22. The van der Waals surface area contributed by atoms with Gasteiger partial charge in [0.1, 0.15) is 0 Å². The predicted molar refractivity (Wildman–Crippen MR) is 61.9 cm³/mol. The van der Waals surface area contributed by atoms with E-state index in [-0.39, 0.29) is 0 Å². The van der Waals surface area contributed by atoms with Crippen molar-refractivity contribution in [3.05, 3.63) is 34.3 Å². The third-order valence-electron chi connectivity index (χ3n) is 2.08. The number of hydrogen-bond acceptors (Lipinski definition) is 0. The Hall–Kier alpha value is -0.300. The van der Waals surface area contributed by atoms with Crippen molar-refractivity contribution in [3.63, 3.8) is 0 Å². The fourth-order valence-electron chi connectivity index (χ4n) is 1.17. The average Bonchev–Trinajstić information content (AvgIpc) is 2.02. The highest BCUT2D eigenvalue weighted by Gasteiger charge is 2.09. The fraction of sp³-hybridized carbons (Fsp3) is 0.500. The molecule has 0 radical (unpaired) electrons. The molecule has 0 heterocycles. The molecule has 0 aromatic heterocycles. The summed E-state index contributed by atoms with van der Waals surface area (Å²) in [6, 6.07) is 8.60. The molecule has 0 fully saturated rings. The number of hydrogen-bond donors (Lipinski definition) is 0. The van der Waals surface area contributed by atoms with Crippen LogP contribution in [0.15, 0.2) is 28.7 Å². The van der Waals surface area contributed by atoms with E-state index in [0.29, 0.717) is 5.41 Å². The number of rotatable bonds is 2. The lowest BCUT2D eigenvalue weighted by Gasteiger charge is -2.17. The molecule has 0 saturated carbocycles. The maximum atomic E-state index is 3.44. The zero-order valence-electron chi connectivity index (χ0n) is 8.60. The van der Waals surface area contributed by atoms with E-state index in [9.17, 15) is 0 Å². The topological polar surface area (TPSA) is 0 Å². The van der Waals surface area contributed by atoms with Crippen LogP contribution < -0.4 is 0 Å². The number of benzene rings is 1. The van der Waals surface area contributed by atoms with E-state index in [2.05, 4.69) is 61.0 Å². The second kappa shape index (κ2) is 4.28. The maximum Gasteiger partial charge on any atom is 0.0175 e. The maximum absolute atomic E-state index is 3.44. The molecule has 0 amide bonds. The highest BCUT2D eigenvalue weighted by atomic mass is 79.9. The summed E-state index contributed by atoms with van der Waals surface area (Å²) in [7, 11) is 0. The van der Waals surface area contributed by atoms with Crippen molar-refractivity contribution in [2.45, 2.75) is 33.6 Å². The van der Waals surface area contributed by atoms with Crippen LogP contribution in [0.2, 0.25) is 0 Å². The highest BCUT2D eigenvalue weighted by molar-refractivity contribution is 9.10. The van der Waals surface area contributed by atoms with Crippen molar-refractivity contribution >= 4 is 15.9 Å². The van der Waals surface area contributed by atoms with Crippen molar-refractivity contribution in [3.8, 4) is 0 Å². The summed E-state index contributed by atoms with van der Waals surface area (Å²) < 4.78 is 1.16. The quantitative estimate of drug-likeness (QED) is 0.718. The lowest BCUT2D eigenvalue weighted by Crippen LogP contribution is -2.06. The Kier molecular flexibility index (Phi) is 3.55. The van der Waals surface area contributed by atoms with Gasteiger partial charge in [-0.25, -0.2) is 0 Å². The molecule has 0 unspecified atom stereocenters. The molecule has 0 aliphatic carbocycles. The summed E-state index contributed by atoms with van der Waals surface area (Å²) in [5.74, 6) is 0. The van der Waals surface area contributed by atoms with Gasteiger partial charge in [-0.3, -0.25) is 0 Å². The molecule has 1 aromatic rings. The second-order valence-electron chi connectivity index (χ2n) is 4.69. The van der Waals surface area contributed by atoms with E-state index >= 15 is 0 Å². The first-order chi connectivity index (χ1) is 5.97. The predicted octanol–water partition coefficient (Wildman–Crippen LogP) is 4.43. The average molecular weight is 241 g/mol. The molecular weight excluding hydrogens is 224 g/mol. The van der Waals surface area contributed by atoms with Crippen LogP contribution in [0.4, 0.5) is 0 Å². The molecule has 0 atom stereocenters. The van der Waals surface area contributed by atoms with Gasteiger partial charge in [0.25, 0.3) is 0 Å². The van der Waals surface area contributed by atoms with E-state index in [4.69, 9.17) is 0 Å². The molecule has 0 aliphatic rings. The van der Waals surface area contributed by atoms with Gasteiger partial charge in [0.05, 0.1) is 0 Å². The van der Waals surface area contributed by atoms with Crippen molar-refractivity contribution in [1.29, 1.82) is 0 Å². The van der Waals surface area contributed by atoms with Crippen LogP contribution in [-0.2, 0) is 6.42 Å². The molecule has 0 nitrogen and oxygen atoms in total. The van der Waals surface area contributed by atoms with Gasteiger partial charge in [-0.2, -0.15) is 0 Å². The zero-order chi connectivity index (χ0) is 9.90. The van der Waals surface area contributed by atoms with E-state index < -0.39 is 0 Å². The van der Waals surface area contributed by atoms with Crippen molar-refractivity contribution in [1.82, 2.24) is 0 Å². The largest absolute Gasteiger partial charge is 0.0602 e. The Balaban J connectivity index is 2.51. The van der Waals surface area contributed by atoms with Gasteiger partial charge >= 0.3 is 0 Å². The summed E-state index contributed by atoms with van der Waals surface area (Å²) in [4.78, 5) is 0. The minimum atomic E-state index is 0.438. The van der Waals surface area contributed by atoms with Crippen molar-refractivity contribution in [2.24, 2.45) is 5.41 Å². The third kappa shape index (κ3) is 4.47. The first-order valence-corrected chi connectivity index (χ1v) is 5.51. The minimum Gasteiger partial charge on any atom is -0.0602 e. The molecule has 13 heavy (non-hydrogen) atoms. The summed E-state index contributed by atoms with van der Waals surface area (Å²) in [5.41, 5.74) is 1.87. The van der Waals surface area contributed by atoms with E-state index in [1.165, 1.54) is 18.4 Å². The smallest absolute Gasteiger partial charge is 0.0175 e. The molecule has 72 valence electrons. The Morgan fingerprint density at radius 3 is 2.08 bits per heavy atom. The van der Waals surface area contributed by atoms with E-state index in [1.54, 1.807) is 0 Å². The summed E-state index contributed by atoms with van der Waals surface area (Å²) in [6.07, 6.45) is 2.42. The van der Waals surface area contributed by atoms with Crippen LogP contribution in [0, 0.1) is 5.41 Å². The van der Waals surface area contributed by atoms with E-state index in [0.717, 1.165) is 4.47 Å². The second-order valence-corrected chi connectivity index (χ2v) is 5.60. The van der Waals surface area contributed by atoms with Crippen LogP contribution >= 0.6 is 15.9 Å². The molecule has 0 saturated heterocycles. The Morgan fingerprint density at radius 2 is 1.62 bits per heavy atom.